The van der Waals surface area contributed by atoms with Crippen molar-refractivity contribution in [2.75, 3.05) is 0 Å². The van der Waals surface area contributed by atoms with E-state index < -0.39 is 5.82 Å². The predicted octanol–water partition coefficient (Wildman–Crippen LogP) is 4.19. The molecule has 0 atom stereocenters. The van der Waals surface area contributed by atoms with Gasteiger partial charge in [0.1, 0.15) is 18.2 Å². The molecule has 0 radical (unpaired) electrons. The van der Waals surface area contributed by atoms with Gasteiger partial charge in [0.2, 0.25) is 0 Å². The lowest BCUT2D eigenvalue weighted by molar-refractivity contribution is 0.0994. The molecule has 0 saturated heterocycles. The minimum Gasteiger partial charge on any atom is -0.489 e. The molecule has 0 saturated carbocycles. The lowest BCUT2D eigenvalue weighted by Crippen LogP contribution is -1.98. The van der Waals surface area contributed by atoms with E-state index in [0.29, 0.717) is 17.7 Å². The Balaban J connectivity index is 1.76. The Labute approximate surface area is 121 Å². The number of rotatable bonds is 3. The summed E-state index contributed by atoms with van der Waals surface area (Å²) in [6.07, 6.45) is 1.32. The van der Waals surface area contributed by atoms with E-state index in [0.717, 1.165) is 17.5 Å². The van der Waals surface area contributed by atoms with E-state index in [4.69, 9.17) is 16.3 Å². The van der Waals surface area contributed by atoms with Crippen molar-refractivity contribution in [3.8, 4) is 5.75 Å². The van der Waals surface area contributed by atoms with Gasteiger partial charge >= 0.3 is 0 Å². The predicted molar refractivity (Wildman–Crippen MR) is 74.8 cm³/mol. The first-order chi connectivity index (χ1) is 9.65. The van der Waals surface area contributed by atoms with Gasteiger partial charge in [0.05, 0.1) is 5.02 Å². The molecule has 0 unspecified atom stereocenters. The molecular weight excluding hydrogens is 279 g/mol. The minimum atomic E-state index is -0.452. The second-order valence-electron chi connectivity index (χ2n) is 4.74. The summed E-state index contributed by atoms with van der Waals surface area (Å²) in [6, 6.07) is 10.0. The molecule has 0 aromatic heterocycles. The number of carbonyl (C=O) groups is 1. The molecule has 102 valence electrons. The first-order valence-electron chi connectivity index (χ1n) is 6.37. The molecule has 0 heterocycles. The van der Waals surface area contributed by atoms with Crippen molar-refractivity contribution in [3.05, 3.63) is 63.9 Å². The molecule has 2 aromatic rings. The number of hydrogen-bond donors (Lipinski definition) is 0. The fraction of sp³-hybridized carbons (Fsp3) is 0.188. The van der Waals surface area contributed by atoms with Crippen LogP contribution in [0.1, 0.15) is 27.9 Å². The van der Waals surface area contributed by atoms with E-state index in [1.165, 1.54) is 6.07 Å². The van der Waals surface area contributed by atoms with Gasteiger partial charge in [-0.3, -0.25) is 4.79 Å². The van der Waals surface area contributed by atoms with Gasteiger partial charge in [0.25, 0.3) is 0 Å². The molecule has 1 aliphatic rings. The van der Waals surface area contributed by atoms with Gasteiger partial charge in [0, 0.05) is 17.5 Å². The molecule has 4 heteroatoms. The summed E-state index contributed by atoms with van der Waals surface area (Å²) in [6.45, 7) is 0.198. The van der Waals surface area contributed by atoms with E-state index in [-0.39, 0.29) is 17.4 Å². The first kappa shape index (κ1) is 13.1. The van der Waals surface area contributed by atoms with Crippen LogP contribution in [-0.4, -0.2) is 5.78 Å². The van der Waals surface area contributed by atoms with Crippen LogP contribution in [0.4, 0.5) is 4.39 Å². The van der Waals surface area contributed by atoms with Crippen LogP contribution in [0.2, 0.25) is 5.02 Å². The lowest BCUT2D eigenvalue weighted by Gasteiger charge is -2.09. The maximum absolute atomic E-state index is 13.3. The number of ketones is 1. The molecule has 2 aromatic carbocycles. The summed E-state index contributed by atoms with van der Waals surface area (Å²) in [5.41, 5.74) is 2.39. The fourth-order valence-electron chi connectivity index (χ4n) is 2.34. The zero-order valence-corrected chi connectivity index (χ0v) is 11.4. The van der Waals surface area contributed by atoms with Gasteiger partial charge in [-0.1, -0.05) is 23.7 Å². The summed E-state index contributed by atoms with van der Waals surface area (Å²) in [7, 11) is 0. The van der Waals surface area contributed by atoms with E-state index in [2.05, 4.69) is 0 Å². The summed E-state index contributed by atoms with van der Waals surface area (Å²) in [4.78, 5) is 11.5. The largest absolute Gasteiger partial charge is 0.489 e. The lowest BCUT2D eigenvalue weighted by atomic mass is 10.1. The van der Waals surface area contributed by atoms with Crippen LogP contribution < -0.4 is 4.74 Å². The molecule has 3 rings (SSSR count). The van der Waals surface area contributed by atoms with E-state index in [1.807, 2.05) is 6.07 Å². The molecule has 20 heavy (non-hydrogen) atoms. The number of benzene rings is 2. The van der Waals surface area contributed by atoms with Crippen LogP contribution in [0.15, 0.2) is 36.4 Å². The standard InChI is InChI=1S/C16H12ClFO2/c17-16-11(2-1-3-14(16)18)9-20-12-5-6-13-10(8-12)4-7-15(13)19/h1-3,5-6,8H,4,7,9H2. The van der Waals surface area contributed by atoms with E-state index in [9.17, 15) is 9.18 Å². The number of halogens is 2. The van der Waals surface area contributed by atoms with Crippen molar-refractivity contribution in [2.45, 2.75) is 19.4 Å². The third kappa shape index (κ3) is 2.41. The zero-order valence-electron chi connectivity index (χ0n) is 10.7. The summed E-state index contributed by atoms with van der Waals surface area (Å²) >= 11 is 5.87. The van der Waals surface area contributed by atoms with Crippen molar-refractivity contribution in [1.82, 2.24) is 0 Å². The van der Waals surface area contributed by atoms with Gasteiger partial charge in [-0.25, -0.2) is 4.39 Å². The molecule has 0 spiro atoms. The topological polar surface area (TPSA) is 26.3 Å². The summed E-state index contributed by atoms with van der Waals surface area (Å²) < 4.78 is 18.9. The number of carbonyl (C=O) groups excluding carboxylic acids is 1. The third-order valence-corrected chi connectivity index (χ3v) is 3.85. The van der Waals surface area contributed by atoms with Crippen molar-refractivity contribution >= 4 is 17.4 Å². The Morgan fingerprint density at radius 2 is 2.05 bits per heavy atom. The zero-order chi connectivity index (χ0) is 14.1. The highest BCUT2D eigenvalue weighted by atomic mass is 35.5. The van der Waals surface area contributed by atoms with Crippen molar-refractivity contribution in [1.29, 1.82) is 0 Å². The average molecular weight is 291 g/mol. The smallest absolute Gasteiger partial charge is 0.163 e. The number of fused-ring (bicyclic) bond motifs is 1. The maximum Gasteiger partial charge on any atom is 0.163 e. The fourth-order valence-corrected chi connectivity index (χ4v) is 2.52. The van der Waals surface area contributed by atoms with Crippen molar-refractivity contribution in [3.63, 3.8) is 0 Å². The van der Waals surface area contributed by atoms with Crippen LogP contribution in [-0.2, 0) is 13.0 Å². The second-order valence-corrected chi connectivity index (χ2v) is 5.12. The van der Waals surface area contributed by atoms with Crippen LogP contribution >= 0.6 is 11.6 Å². The average Bonchev–Trinajstić information content (AvgIpc) is 2.82. The monoisotopic (exact) mass is 290 g/mol. The highest BCUT2D eigenvalue weighted by molar-refractivity contribution is 6.31. The Morgan fingerprint density at radius 3 is 2.90 bits per heavy atom. The molecule has 0 fully saturated rings. The van der Waals surface area contributed by atoms with Crippen LogP contribution in [0.5, 0.6) is 5.75 Å². The molecule has 0 aliphatic heterocycles. The van der Waals surface area contributed by atoms with Gasteiger partial charge in [-0.15, -0.1) is 0 Å². The first-order valence-corrected chi connectivity index (χ1v) is 6.75. The Bertz CT molecular complexity index is 682. The van der Waals surface area contributed by atoms with Crippen LogP contribution in [0, 0.1) is 5.82 Å². The Morgan fingerprint density at radius 1 is 1.20 bits per heavy atom. The number of hydrogen-bond acceptors (Lipinski definition) is 2. The molecular formula is C16H12ClFO2. The normalized spacial score (nSPS) is 13.4. The van der Waals surface area contributed by atoms with Gasteiger partial charge in [0.15, 0.2) is 5.78 Å². The number of Topliss-reactive ketones (excluding diaryl/α,β-unsaturated/α-hetero) is 1. The minimum absolute atomic E-state index is 0.0869. The van der Waals surface area contributed by atoms with Gasteiger partial charge < -0.3 is 4.74 Å². The van der Waals surface area contributed by atoms with Gasteiger partial charge in [-0.05, 0) is 36.2 Å². The SMILES string of the molecule is O=C1CCc2cc(OCc3cccc(F)c3Cl)ccc21. The molecule has 0 N–H and O–H groups in total. The Kier molecular flexibility index (Phi) is 3.45. The third-order valence-electron chi connectivity index (χ3n) is 3.42. The van der Waals surface area contributed by atoms with E-state index >= 15 is 0 Å². The molecule has 0 bridgehead atoms. The van der Waals surface area contributed by atoms with Crippen molar-refractivity contribution < 1.29 is 13.9 Å². The summed E-state index contributed by atoms with van der Waals surface area (Å²) in [5, 5.41) is 0.0869. The quantitative estimate of drug-likeness (QED) is 0.847. The molecule has 1 aliphatic carbocycles. The van der Waals surface area contributed by atoms with E-state index in [1.54, 1.807) is 24.3 Å². The highest BCUT2D eigenvalue weighted by Crippen LogP contribution is 2.27. The highest BCUT2D eigenvalue weighted by Gasteiger charge is 2.19. The number of aryl methyl sites for hydroxylation is 1. The van der Waals surface area contributed by atoms with Crippen LogP contribution in [0.3, 0.4) is 0 Å². The van der Waals surface area contributed by atoms with Crippen LogP contribution in [0.25, 0.3) is 0 Å². The Hall–Kier alpha value is -1.87. The molecule has 0 amide bonds. The molecule has 2 nitrogen and oxygen atoms in total. The second kappa shape index (κ2) is 5.25. The maximum atomic E-state index is 13.3. The van der Waals surface area contributed by atoms with Gasteiger partial charge in [-0.2, -0.15) is 0 Å². The van der Waals surface area contributed by atoms with Crippen molar-refractivity contribution in [2.24, 2.45) is 0 Å². The number of ether oxygens (including phenoxy) is 1. The summed E-state index contributed by atoms with van der Waals surface area (Å²) in [5.74, 6) is 0.394.